The van der Waals surface area contributed by atoms with Crippen LogP contribution in [0.5, 0.6) is 17.2 Å². The molecule has 1 aliphatic rings. The normalized spacial score (nSPS) is 12.4. The first-order valence-corrected chi connectivity index (χ1v) is 8.98. The highest BCUT2D eigenvalue weighted by Crippen LogP contribution is 2.37. The molecule has 152 valence electrons. The van der Waals surface area contributed by atoms with E-state index in [0.29, 0.717) is 17.2 Å². The summed E-state index contributed by atoms with van der Waals surface area (Å²) >= 11 is 0. The van der Waals surface area contributed by atoms with E-state index in [4.69, 9.17) is 14.2 Å². The zero-order valence-corrected chi connectivity index (χ0v) is 16.3. The number of hydrogen-bond donors (Lipinski definition) is 1. The summed E-state index contributed by atoms with van der Waals surface area (Å²) in [6.07, 6.45) is 1.18. The Morgan fingerprint density at radius 1 is 1.31 bits per heavy atom. The van der Waals surface area contributed by atoms with Gasteiger partial charge >= 0.3 is 0 Å². The van der Waals surface area contributed by atoms with Gasteiger partial charge in [0.25, 0.3) is 11.6 Å². The number of aryl methyl sites for hydroxylation is 1. The van der Waals surface area contributed by atoms with Gasteiger partial charge in [-0.25, -0.2) is 5.43 Å². The summed E-state index contributed by atoms with van der Waals surface area (Å²) in [5.74, 6) is 1.09. The molecule has 2 aromatic rings. The van der Waals surface area contributed by atoms with Crippen molar-refractivity contribution >= 4 is 17.8 Å². The summed E-state index contributed by atoms with van der Waals surface area (Å²) in [5.41, 5.74) is 4.32. The molecular weight excluding hydrogens is 378 g/mol. The van der Waals surface area contributed by atoms with Gasteiger partial charge < -0.3 is 14.2 Å². The fourth-order valence-electron chi connectivity index (χ4n) is 2.80. The third-order valence-electron chi connectivity index (χ3n) is 4.26. The van der Waals surface area contributed by atoms with Crippen molar-refractivity contribution < 1.29 is 23.9 Å². The van der Waals surface area contributed by atoms with E-state index in [2.05, 4.69) is 10.5 Å². The molecule has 0 saturated heterocycles. The molecule has 3 rings (SSSR count). The maximum absolute atomic E-state index is 12.1. The van der Waals surface area contributed by atoms with Crippen LogP contribution in [-0.4, -0.2) is 30.4 Å². The molecule has 0 unspecified atom stereocenters. The molecule has 0 fully saturated rings. The fraction of sp³-hybridized carbons (Fsp3) is 0.300. The van der Waals surface area contributed by atoms with E-state index in [1.165, 1.54) is 18.3 Å². The van der Waals surface area contributed by atoms with Crippen LogP contribution in [0.4, 0.5) is 5.69 Å². The molecule has 0 radical (unpaired) electrons. The van der Waals surface area contributed by atoms with Crippen molar-refractivity contribution in [2.75, 3.05) is 13.4 Å². The van der Waals surface area contributed by atoms with Crippen LogP contribution in [-0.2, 0) is 4.79 Å². The van der Waals surface area contributed by atoms with Crippen molar-refractivity contribution in [2.45, 2.75) is 26.7 Å². The van der Waals surface area contributed by atoms with Crippen LogP contribution >= 0.6 is 0 Å². The zero-order chi connectivity index (χ0) is 21.0. The van der Waals surface area contributed by atoms with Gasteiger partial charge in [-0.05, 0) is 36.1 Å². The van der Waals surface area contributed by atoms with Crippen molar-refractivity contribution in [1.82, 2.24) is 5.43 Å². The first-order chi connectivity index (χ1) is 13.8. The van der Waals surface area contributed by atoms with E-state index < -0.39 is 10.8 Å². The number of fused-ring (bicyclic) bond motifs is 1. The van der Waals surface area contributed by atoms with Gasteiger partial charge in [-0.3, -0.25) is 14.9 Å². The van der Waals surface area contributed by atoms with Crippen molar-refractivity contribution in [2.24, 2.45) is 5.10 Å². The summed E-state index contributed by atoms with van der Waals surface area (Å²) in [5, 5.41) is 15.0. The Kier molecular flexibility index (Phi) is 5.96. The minimum atomic E-state index is -0.556. The number of benzene rings is 2. The Bertz CT molecular complexity index is 971. The van der Waals surface area contributed by atoms with Gasteiger partial charge in [0.15, 0.2) is 18.1 Å². The highest BCUT2D eigenvalue weighted by molar-refractivity contribution is 5.88. The largest absolute Gasteiger partial charge is 0.483 e. The molecule has 1 heterocycles. The summed E-state index contributed by atoms with van der Waals surface area (Å²) < 4.78 is 16.0. The number of nitrogens with one attached hydrogen (secondary N) is 1. The molecule has 0 saturated carbocycles. The molecule has 1 amide bonds. The number of rotatable bonds is 7. The van der Waals surface area contributed by atoms with E-state index in [9.17, 15) is 14.9 Å². The Morgan fingerprint density at radius 2 is 2.03 bits per heavy atom. The van der Waals surface area contributed by atoms with Crippen LogP contribution in [0, 0.1) is 17.0 Å². The van der Waals surface area contributed by atoms with Gasteiger partial charge in [0.05, 0.1) is 22.8 Å². The summed E-state index contributed by atoms with van der Waals surface area (Å²) in [6, 6.07) is 8.55. The number of amides is 1. The third-order valence-corrected chi connectivity index (χ3v) is 4.26. The smallest absolute Gasteiger partial charge is 0.282 e. The van der Waals surface area contributed by atoms with Crippen molar-refractivity contribution in [3.05, 3.63) is 57.1 Å². The van der Waals surface area contributed by atoms with Crippen LogP contribution < -0.4 is 19.6 Å². The highest BCUT2D eigenvalue weighted by Gasteiger charge is 2.22. The summed E-state index contributed by atoms with van der Waals surface area (Å²) in [7, 11) is 0. The molecule has 1 N–H and O–H groups in total. The number of carbonyl (C=O) groups excluding carboxylic acids is 1. The average molecular weight is 399 g/mol. The van der Waals surface area contributed by atoms with Gasteiger partial charge in [0.2, 0.25) is 6.79 Å². The topological polar surface area (TPSA) is 112 Å². The van der Waals surface area contributed by atoms with Crippen LogP contribution in [0.3, 0.4) is 0 Å². The van der Waals surface area contributed by atoms with E-state index in [1.54, 1.807) is 0 Å². The molecule has 0 aliphatic carbocycles. The molecule has 9 heteroatoms. The van der Waals surface area contributed by atoms with Crippen molar-refractivity contribution in [1.29, 1.82) is 0 Å². The second-order valence-electron chi connectivity index (χ2n) is 6.80. The minimum absolute atomic E-state index is 0.00150. The van der Waals surface area contributed by atoms with Gasteiger partial charge in [0.1, 0.15) is 5.75 Å². The standard InChI is InChI=1S/C20H21N3O6/c1-12(2)15-5-4-13(3)6-17(15)27-10-20(24)22-21-9-14-7-18-19(29-11-28-18)8-16(14)23(25)26/h4-9,12H,10-11H2,1-3H3,(H,22,24). The third kappa shape index (κ3) is 4.81. The van der Waals surface area contributed by atoms with Gasteiger partial charge in [-0.1, -0.05) is 26.0 Å². The molecule has 0 spiro atoms. The molecule has 0 aromatic heterocycles. The van der Waals surface area contributed by atoms with Gasteiger partial charge in [0, 0.05) is 0 Å². The number of carbonyl (C=O) groups is 1. The lowest BCUT2D eigenvalue weighted by Crippen LogP contribution is -2.25. The number of nitro groups is 1. The monoisotopic (exact) mass is 399 g/mol. The van der Waals surface area contributed by atoms with Crippen molar-refractivity contribution in [3.63, 3.8) is 0 Å². The number of nitrogens with zero attached hydrogens (tertiary/aromatic N) is 2. The number of hydrazone groups is 1. The quantitative estimate of drug-likeness (QED) is 0.434. The molecular formula is C20H21N3O6. The van der Waals surface area contributed by atoms with E-state index in [1.807, 2.05) is 39.0 Å². The van der Waals surface area contributed by atoms with Crippen LogP contribution in [0.2, 0.25) is 0 Å². The molecule has 9 nitrogen and oxygen atoms in total. The number of nitro benzene ring substituents is 1. The maximum Gasteiger partial charge on any atom is 0.282 e. The molecule has 2 aromatic carbocycles. The van der Waals surface area contributed by atoms with Crippen molar-refractivity contribution in [3.8, 4) is 17.2 Å². The first-order valence-electron chi connectivity index (χ1n) is 8.98. The lowest BCUT2D eigenvalue weighted by Gasteiger charge is -2.14. The Balaban J connectivity index is 1.64. The number of hydrogen-bond acceptors (Lipinski definition) is 7. The fourth-order valence-corrected chi connectivity index (χ4v) is 2.80. The van der Waals surface area contributed by atoms with Crippen LogP contribution in [0.1, 0.15) is 36.5 Å². The second-order valence-corrected chi connectivity index (χ2v) is 6.80. The maximum atomic E-state index is 12.1. The predicted octanol–water partition coefficient (Wildman–Crippen LogP) is 3.28. The molecule has 0 bridgehead atoms. The Morgan fingerprint density at radius 3 is 2.72 bits per heavy atom. The van der Waals surface area contributed by atoms with E-state index in [-0.39, 0.29) is 30.6 Å². The summed E-state index contributed by atoms with van der Waals surface area (Å²) in [6.45, 7) is 5.79. The van der Waals surface area contributed by atoms with Gasteiger partial charge in [-0.15, -0.1) is 0 Å². The lowest BCUT2D eigenvalue weighted by molar-refractivity contribution is -0.385. The second kappa shape index (κ2) is 8.59. The van der Waals surface area contributed by atoms with E-state index >= 15 is 0 Å². The average Bonchev–Trinajstić information content (AvgIpc) is 3.12. The lowest BCUT2D eigenvalue weighted by atomic mass is 10.0. The highest BCUT2D eigenvalue weighted by atomic mass is 16.7. The number of ether oxygens (including phenoxy) is 3. The minimum Gasteiger partial charge on any atom is -0.483 e. The Labute approximate surface area is 167 Å². The van der Waals surface area contributed by atoms with E-state index in [0.717, 1.165) is 11.1 Å². The molecule has 0 atom stereocenters. The van der Waals surface area contributed by atoms with Gasteiger partial charge in [-0.2, -0.15) is 5.10 Å². The zero-order valence-electron chi connectivity index (χ0n) is 16.3. The molecule has 29 heavy (non-hydrogen) atoms. The predicted molar refractivity (Wildman–Crippen MR) is 106 cm³/mol. The summed E-state index contributed by atoms with van der Waals surface area (Å²) in [4.78, 5) is 22.7. The Hall–Kier alpha value is -3.62. The SMILES string of the molecule is Cc1ccc(C(C)C)c(OCC(=O)NN=Cc2cc3c(cc2[N+](=O)[O-])OCO3)c1. The first kappa shape index (κ1) is 20.1. The van der Waals surface area contributed by atoms with Crippen LogP contribution in [0.25, 0.3) is 0 Å². The molecule has 1 aliphatic heterocycles. The van der Waals surface area contributed by atoms with Crippen LogP contribution in [0.15, 0.2) is 35.4 Å².